The molecule has 6 nitrogen and oxygen atoms in total. The second kappa shape index (κ2) is 6.34. The van der Waals surface area contributed by atoms with E-state index in [4.69, 9.17) is 16.3 Å². The van der Waals surface area contributed by atoms with Crippen LogP contribution in [0.4, 0.5) is 11.9 Å². The maximum atomic E-state index is 5.91. The highest BCUT2D eigenvalue weighted by molar-refractivity contribution is 6.28. The van der Waals surface area contributed by atoms with E-state index in [-0.39, 0.29) is 11.3 Å². The molecular weight excluding hydrogens is 266 g/mol. The first-order valence-electron chi connectivity index (χ1n) is 6.49. The van der Waals surface area contributed by atoms with Crippen LogP contribution in [0, 0.1) is 5.92 Å². The number of rotatable bonds is 4. The zero-order valence-corrected chi connectivity index (χ0v) is 12.3. The Bertz CT molecular complexity index is 423. The highest BCUT2D eigenvalue weighted by Gasteiger charge is 2.21. The Morgan fingerprint density at radius 3 is 2.58 bits per heavy atom. The van der Waals surface area contributed by atoms with Gasteiger partial charge in [-0.1, -0.05) is 0 Å². The van der Waals surface area contributed by atoms with E-state index in [0.29, 0.717) is 17.8 Å². The summed E-state index contributed by atoms with van der Waals surface area (Å²) in [6, 6.07) is 0.289. The Morgan fingerprint density at radius 2 is 1.95 bits per heavy atom. The van der Waals surface area contributed by atoms with Gasteiger partial charge in [-0.15, -0.1) is 0 Å². The van der Waals surface area contributed by atoms with Crippen molar-refractivity contribution < 1.29 is 4.74 Å². The minimum atomic E-state index is 0.209. The van der Waals surface area contributed by atoms with Gasteiger partial charge in [0, 0.05) is 33.4 Å². The second-order valence-corrected chi connectivity index (χ2v) is 5.34. The number of halogens is 1. The topological polar surface area (TPSA) is 63.2 Å². The number of anilines is 2. The van der Waals surface area contributed by atoms with Gasteiger partial charge in [-0.05, 0) is 37.3 Å². The summed E-state index contributed by atoms with van der Waals surface area (Å²) in [4.78, 5) is 14.3. The summed E-state index contributed by atoms with van der Waals surface area (Å²) in [5.74, 6) is 1.66. The fourth-order valence-corrected chi connectivity index (χ4v) is 2.30. The summed E-state index contributed by atoms with van der Waals surface area (Å²) >= 11 is 5.91. The van der Waals surface area contributed by atoms with Crippen LogP contribution in [0.1, 0.15) is 19.8 Å². The van der Waals surface area contributed by atoms with E-state index >= 15 is 0 Å². The maximum absolute atomic E-state index is 5.91. The van der Waals surface area contributed by atoms with Crippen LogP contribution < -0.4 is 10.2 Å². The number of hydrogen-bond donors (Lipinski definition) is 1. The lowest BCUT2D eigenvalue weighted by Gasteiger charge is -2.28. The first-order valence-corrected chi connectivity index (χ1v) is 6.87. The third kappa shape index (κ3) is 3.91. The molecule has 0 radical (unpaired) electrons. The molecule has 0 amide bonds. The third-order valence-corrected chi connectivity index (χ3v) is 3.50. The van der Waals surface area contributed by atoms with Crippen molar-refractivity contribution in [2.24, 2.45) is 5.92 Å². The molecule has 1 atom stereocenters. The number of ether oxygens (including phenoxy) is 1. The highest BCUT2D eigenvalue weighted by atomic mass is 35.5. The maximum Gasteiger partial charge on any atom is 0.230 e. The van der Waals surface area contributed by atoms with E-state index in [0.717, 1.165) is 26.1 Å². The van der Waals surface area contributed by atoms with Crippen molar-refractivity contribution in [3.63, 3.8) is 0 Å². The quantitative estimate of drug-likeness (QED) is 0.910. The lowest BCUT2D eigenvalue weighted by atomic mass is 9.93. The van der Waals surface area contributed by atoms with Crippen molar-refractivity contribution >= 4 is 23.5 Å². The molecule has 0 spiro atoms. The predicted molar refractivity (Wildman–Crippen MR) is 75.8 cm³/mol. The molecule has 1 unspecified atom stereocenters. The summed E-state index contributed by atoms with van der Waals surface area (Å²) < 4.78 is 5.37. The molecule has 0 aliphatic carbocycles. The van der Waals surface area contributed by atoms with E-state index in [1.807, 2.05) is 14.1 Å². The Balaban J connectivity index is 2.05. The van der Waals surface area contributed by atoms with E-state index in [1.54, 1.807) is 4.90 Å². The summed E-state index contributed by atoms with van der Waals surface area (Å²) in [6.45, 7) is 3.80. The van der Waals surface area contributed by atoms with Gasteiger partial charge in [0.1, 0.15) is 0 Å². The van der Waals surface area contributed by atoms with Crippen molar-refractivity contribution in [1.82, 2.24) is 15.0 Å². The van der Waals surface area contributed by atoms with E-state index < -0.39 is 0 Å². The molecule has 19 heavy (non-hydrogen) atoms. The average molecular weight is 286 g/mol. The molecule has 1 aliphatic rings. The summed E-state index contributed by atoms with van der Waals surface area (Å²) in [5, 5.41) is 3.53. The molecule has 0 bridgehead atoms. The molecule has 2 heterocycles. The number of aromatic nitrogens is 3. The van der Waals surface area contributed by atoms with Crippen LogP contribution in [-0.2, 0) is 4.74 Å². The zero-order chi connectivity index (χ0) is 13.8. The molecule has 1 aliphatic heterocycles. The lowest BCUT2D eigenvalue weighted by molar-refractivity contribution is 0.0621. The van der Waals surface area contributed by atoms with Crippen molar-refractivity contribution in [2.45, 2.75) is 25.8 Å². The molecule has 1 aromatic rings. The Kier molecular flexibility index (Phi) is 4.76. The van der Waals surface area contributed by atoms with Crippen molar-refractivity contribution in [3.05, 3.63) is 5.28 Å². The number of nitrogens with zero attached hydrogens (tertiary/aromatic N) is 4. The van der Waals surface area contributed by atoms with Crippen molar-refractivity contribution in [3.8, 4) is 0 Å². The second-order valence-electron chi connectivity index (χ2n) is 5.01. The molecule has 1 saturated heterocycles. The molecule has 1 aromatic heterocycles. The van der Waals surface area contributed by atoms with E-state index in [2.05, 4.69) is 27.2 Å². The Morgan fingerprint density at radius 1 is 1.26 bits per heavy atom. The molecule has 1 fully saturated rings. The number of nitrogens with one attached hydrogen (secondary N) is 1. The SMILES string of the molecule is CC(Nc1nc(Cl)nc(N(C)C)n1)C1CCOCC1. The predicted octanol–water partition coefficient (Wildman–Crippen LogP) is 1.82. The highest BCUT2D eigenvalue weighted by Crippen LogP contribution is 2.21. The van der Waals surface area contributed by atoms with Crippen LogP contribution in [-0.4, -0.2) is 48.3 Å². The van der Waals surface area contributed by atoms with Gasteiger partial charge in [-0.25, -0.2) is 0 Å². The fourth-order valence-electron chi connectivity index (χ4n) is 2.14. The minimum absolute atomic E-state index is 0.209. The van der Waals surface area contributed by atoms with Gasteiger partial charge >= 0.3 is 0 Å². The van der Waals surface area contributed by atoms with Gasteiger partial charge in [0.25, 0.3) is 0 Å². The van der Waals surface area contributed by atoms with E-state index in [9.17, 15) is 0 Å². The van der Waals surface area contributed by atoms with Crippen LogP contribution in [0.25, 0.3) is 0 Å². The standard InChI is InChI=1S/C12H20ClN5O/c1-8(9-4-6-19-7-5-9)14-11-15-10(13)16-12(17-11)18(2)3/h8-9H,4-7H2,1-3H3,(H,14,15,16,17). The van der Waals surface area contributed by atoms with Crippen LogP contribution in [0.2, 0.25) is 5.28 Å². The van der Waals surface area contributed by atoms with Gasteiger partial charge < -0.3 is 15.0 Å². The molecular formula is C12H20ClN5O. The van der Waals surface area contributed by atoms with Crippen LogP contribution in [0.15, 0.2) is 0 Å². The third-order valence-electron chi connectivity index (χ3n) is 3.33. The first kappa shape index (κ1) is 14.3. The lowest BCUT2D eigenvalue weighted by Crippen LogP contribution is -2.31. The Labute approximate surface area is 118 Å². The van der Waals surface area contributed by atoms with E-state index in [1.165, 1.54) is 0 Å². The average Bonchev–Trinajstić information content (AvgIpc) is 2.39. The van der Waals surface area contributed by atoms with Gasteiger partial charge in [-0.3, -0.25) is 0 Å². The smallest absolute Gasteiger partial charge is 0.230 e. The summed E-state index contributed by atoms with van der Waals surface area (Å²) in [5.41, 5.74) is 0. The molecule has 1 N–H and O–H groups in total. The van der Waals surface area contributed by atoms with Crippen molar-refractivity contribution in [1.29, 1.82) is 0 Å². The first-order chi connectivity index (χ1) is 9.06. The fraction of sp³-hybridized carbons (Fsp3) is 0.750. The van der Waals surface area contributed by atoms with Crippen LogP contribution in [0.3, 0.4) is 0 Å². The van der Waals surface area contributed by atoms with Gasteiger partial charge in [0.15, 0.2) is 0 Å². The molecule has 106 valence electrons. The summed E-state index contributed by atoms with van der Waals surface area (Å²) in [7, 11) is 3.74. The Hall–Kier alpha value is -1.14. The van der Waals surface area contributed by atoms with Gasteiger partial charge in [0.05, 0.1) is 0 Å². The van der Waals surface area contributed by atoms with Crippen LogP contribution in [0.5, 0.6) is 0 Å². The molecule has 0 aromatic carbocycles. The van der Waals surface area contributed by atoms with Crippen molar-refractivity contribution in [2.75, 3.05) is 37.5 Å². The van der Waals surface area contributed by atoms with Crippen LogP contribution >= 0.6 is 11.6 Å². The number of hydrogen-bond acceptors (Lipinski definition) is 6. The molecule has 2 rings (SSSR count). The normalized spacial score (nSPS) is 18.1. The van der Waals surface area contributed by atoms with Gasteiger partial charge in [0.2, 0.25) is 17.2 Å². The summed E-state index contributed by atoms with van der Waals surface area (Å²) in [6.07, 6.45) is 2.13. The molecule has 7 heteroatoms. The monoisotopic (exact) mass is 285 g/mol. The zero-order valence-electron chi connectivity index (χ0n) is 11.6. The minimum Gasteiger partial charge on any atom is -0.381 e. The molecule has 0 saturated carbocycles. The van der Waals surface area contributed by atoms with Gasteiger partial charge in [-0.2, -0.15) is 15.0 Å². The largest absolute Gasteiger partial charge is 0.381 e.